The standard InChI is InChI=1S/C15H14N2O2S/c1-10-6-8-12(9-7-10)20(18,19)14-5-3-4-13-15(14)17-11(2)16-13/h3-9H,1-2H3,(H,16,17). The van der Waals surface area contributed by atoms with Crippen molar-refractivity contribution in [1.29, 1.82) is 0 Å². The maximum atomic E-state index is 12.7. The van der Waals surface area contributed by atoms with Gasteiger partial charge in [0.25, 0.3) is 0 Å². The van der Waals surface area contributed by atoms with E-state index in [9.17, 15) is 8.42 Å². The number of sulfone groups is 1. The highest BCUT2D eigenvalue weighted by molar-refractivity contribution is 7.91. The average molecular weight is 286 g/mol. The Morgan fingerprint density at radius 3 is 2.40 bits per heavy atom. The minimum Gasteiger partial charge on any atom is -0.342 e. The molecule has 0 fully saturated rings. The van der Waals surface area contributed by atoms with Crippen LogP contribution < -0.4 is 0 Å². The lowest BCUT2D eigenvalue weighted by molar-refractivity contribution is 0.597. The van der Waals surface area contributed by atoms with Crippen molar-refractivity contribution in [2.45, 2.75) is 23.6 Å². The van der Waals surface area contributed by atoms with Gasteiger partial charge >= 0.3 is 0 Å². The summed E-state index contributed by atoms with van der Waals surface area (Å²) in [6.07, 6.45) is 0. The number of rotatable bonds is 2. The number of aryl methyl sites for hydroxylation is 2. The van der Waals surface area contributed by atoms with Crippen LogP contribution in [0.25, 0.3) is 11.0 Å². The molecule has 0 aliphatic rings. The molecule has 2 aromatic carbocycles. The first kappa shape index (κ1) is 12.9. The summed E-state index contributed by atoms with van der Waals surface area (Å²) in [6.45, 7) is 3.73. The molecule has 4 nitrogen and oxygen atoms in total. The first-order valence-electron chi connectivity index (χ1n) is 6.25. The van der Waals surface area contributed by atoms with Crippen molar-refractivity contribution in [3.8, 4) is 0 Å². The molecular formula is C15H14N2O2S. The van der Waals surface area contributed by atoms with Crippen LogP contribution in [0.2, 0.25) is 0 Å². The van der Waals surface area contributed by atoms with Gasteiger partial charge in [0.2, 0.25) is 9.84 Å². The van der Waals surface area contributed by atoms with Gasteiger partial charge in [-0.15, -0.1) is 0 Å². The van der Waals surface area contributed by atoms with E-state index in [0.717, 1.165) is 11.1 Å². The summed E-state index contributed by atoms with van der Waals surface area (Å²) in [4.78, 5) is 7.87. The Morgan fingerprint density at radius 2 is 1.70 bits per heavy atom. The number of hydrogen-bond acceptors (Lipinski definition) is 3. The van der Waals surface area contributed by atoms with Crippen molar-refractivity contribution in [2.24, 2.45) is 0 Å². The van der Waals surface area contributed by atoms with E-state index in [1.54, 1.807) is 36.4 Å². The summed E-state index contributed by atoms with van der Waals surface area (Å²) >= 11 is 0. The molecule has 0 saturated heterocycles. The lowest BCUT2D eigenvalue weighted by Gasteiger charge is -2.05. The highest BCUT2D eigenvalue weighted by Gasteiger charge is 2.21. The summed E-state index contributed by atoms with van der Waals surface area (Å²) in [5, 5.41) is 0. The van der Waals surface area contributed by atoms with Crippen LogP contribution in [0.3, 0.4) is 0 Å². The molecule has 0 aliphatic carbocycles. The minimum atomic E-state index is -3.55. The van der Waals surface area contributed by atoms with E-state index in [1.165, 1.54) is 0 Å². The summed E-state index contributed by atoms with van der Waals surface area (Å²) in [5.74, 6) is 0.701. The predicted molar refractivity (Wildman–Crippen MR) is 77.5 cm³/mol. The molecule has 5 heteroatoms. The number of aromatic nitrogens is 2. The molecule has 0 unspecified atom stereocenters. The quantitative estimate of drug-likeness (QED) is 0.787. The molecule has 0 saturated carbocycles. The van der Waals surface area contributed by atoms with Gasteiger partial charge in [0.05, 0.1) is 15.3 Å². The summed E-state index contributed by atoms with van der Waals surface area (Å²) in [7, 11) is -3.55. The average Bonchev–Trinajstić information content (AvgIpc) is 2.78. The Hall–Kier alpha value is -2.14. The molecule has 1 N–H and O–H groups in total. The molecule has 0 atom stereocenters. The highest BCUT2D eigenvalue weighted by atomic mass is 32.2. The molecule has 1 heterocycles. The molecule has 1 aromatic heterocycles. The van der Waals surface area contributed by atoms with Gasteiger partial charge in [-0.2, -0.15) is 0 Å². The number of para-hydroxylation sites is 1. The molecule has 0 amide bonds. The van der Waals surface area contributed by atoms with E-state index >= 15 is 0 Å². The molecule has 0 radical (unpaired) electrons. The molecule has 3 aromatic rings. The monoisotopic (exact) mass is 286 g/mol. The number of H-pyrrole nitrogens is 1. The largest absolute Gasteiger partial charge is 0.342 e. The number of imidazole rings is 1. The van der Waals surface area contributed by atoms with Gasteiger partial charge in [0.1, 0.15) is 11.3 Å². The maximum Gasteiger partial charge on any atom is 0.208 e. The third-order valence-corrected chi connectivity index (χ3v) is 5.02. The van der Waals surface area contributed by atoms with Crippen LogP contribution >= 0.6 is 0 Å². The Balaban J connectivity index is 2.26. The van der Waals surface area contributed by atoms with Crippen molar-refractivity contribution < 1.29 is 8.42 Å². The lowest BCUT2D eigenvalue weighted by Crippen LogP contribution is -2.02. The minimum absolute atomic E-state index is 0.239. The van der Waals surface area contributed by atoms with E-state index in [1.807, 2.05) is 19.9 Å². The van der Waals surface area contributed by atoms with Crippen molar-refractivity contribution in [1.82, 2.24) is 9.97 Å². The third-order valence-electron chi connectivity index (χ3n) is 3.21. The van der Waals surface area contributed by atoms with Gasteiger partial charge in [-0.05, 0) is 38.1 Å². The van der Waals surface area contributed by atoms with E-state index in [4.69, 9.17) is 0 Å². The second-order valence-electron chi connectivity index (χ2n) is 4.79. The van der Waals surface area contributed by atoms with Gasteiger partial charge < -0.3 is 4.98 Å². The van der Waals surface area contributed by atoms with Gasteiger partial charge in [0.15, 0.2) is 0 Å². The Kier molecular flexibility index (Phi) is 2.87. The molecule has 102 valence electrons. The molecular weight excluding hydrogens is 272 g/mol. The summed E-state index contributed by atoms with van der Waals surface area (Å²) < 4.78 is 25.4. The zero-order valence-electron chi connectivity index (χ0n) is 11.2. The van der Waals surface area contributed by atoms with Gasteiger partial charge in [0, 0.05) is 0 Å². The fourth-order valence-electron chi connectivity index (χ4n) is 2.19. The second kappa shape index (κ2) is 4.45. The number of nitrogens with zero attached hydrogens (tertiary/aromatic N) is 1. The number of nitrogens with one attached hydrogen (secondary N) is 1. The maximum absolute atomic E-state index is 12.7. The van der Waals surface area contributed by atoms with Crippen LogP contribution in [0.5, 0.6) is 0 Å². The first-order chi connectivity index (χ1) is 9.48. The van der Waals surface area contributed by atoms with Crippen LogP contribution in [-0.2, 0) is 9.84 Å². The van der Waals surface area contributed by atoms with Crippen LogP contribution in [-0.4, -0.2) is 18.4 Å². The van der Waals surface area contributed by atoms with Crippen molar-refractivity contribution in [2.75, 3.05) is 0 Å². The first-order valence-corrected chi connectivity index (χ1v) is 7.74. The topological polar surface area (TPSA) is 62.8 Å². The van der Waals surface area contributed by atoms with Crippen molar-refractivity contribution in [3.63, 3.8) is 0 Å². The van der Waals surface area contributed by atoms with Crippen molar-refractivity contribution in [3.05, 3.63) is 53.9 Å². The van der Waals surface area contributed by atoms with E-state index in [-0.39, 0.29) is 9.79 Å². The van der Waals surface area contributed by atoms with Gasteiger partial charge in [-0.1, -0.05) is 23.8 Å². The number of benzene rings is 2. The van der Waals surface area contributed by atoms with Crippen LogP contribution in [0.4, 0.5) is 0 Å². The van der Waals surface area contributed by atoms with E-state index < -0.39 is 9.84 Å². The van der Waals surface area contributed by atoms with Crippen LogP contribution in [0, 0.1) is 13.8 Å². The zero-order chi connectivity index (χ0) is 14.3. The van der Waals surface area contributed by atoms with Gasteiger partial charge in [-0.3, -0.25) is 0 Å². The van der Waals surface area contributed by atoms with E-state index in [2.05, 4.69) is 9.97 Å². The normalized spacial score (nSPS) is 11.9. The van der Waals surface area contributed by atoms with Gasteiger partial charge in [-0.25, -0.2) is 13.4 Å². The fraction of sp³-hybridized carbons (Fsp3) is 0.133. The SMILES string of the molecule is Cc1ccc(S(=O)(=O)c2cccc3[nH]c(C)nc23)cc1. The summed E-state index contributed by atoms with van der Waals surface area (Å²) in [5.41, 5.74) is 2.25. The smallest absolute Gasteiger partial charge is 0.208 e. The second-order valence-corrected chi connectivity index (χ2v) is 6.71. The van der Waals surface area contributed by atoms with Crippen molar-refractivity contribution >= 4 is 20.9 Å². The molecule has 0 spiro atoms. The van der Waals surface area contributed by atoms with Crippen LogP contribution in [0.1, 0.15) is 11.4 Å². The Labute approximate surface area is 117 Å². The molecule has 0 bridgehead atoms. The third kappa shape index (κ3) is 2.00. The van der Waals surface area contributed by atoms with E-state index in [0.29, 0.717) is 11.3 Å². The molecule has 0 aliphatic heterocycles. The van der Waals surface area contributed by atoms with Crippen LogP contribution in [0.15, 0.2) is 52.3 Å². The molecule has 3 rings (SSSR count). The predicted octanol–water partition coefficient (Wildman–Crippen LogP) is 3.01. The summed E-state index contributed by atoms with van der Waals surface area (Å²) in [6, 6.07) is 12.0. The molecule has 20 heavy (non-hydrogen) atoms. The fourth-order valence-corrected chi connectivity index (χ4v) is 3.61. The Bertz CT molecular complexity index is 878. The number of fused-ring (bicyclic) bond motifs is 1. The zero-order valence-corrected chi connectivity index (χ0v) is 12.0. The highest BCUT2D eigenvalue weighted by Crippen LogP contribution is 2.27. The number of aromatic amines is 1. The lowest BCUT2D eigenvalue weighted by atomic mass is 10.2. The Morgan fingerprint density at radius 1 is 1.00 bits per heavy atom. The number of hydrogen-bond donors (Lipinski definition) is 1.